The van der Waals surface area contributed by atoms with Gasteiger partial charge in [-0.25, -0.2) is 14.2 Å². The van der Waals surface area contributed by atoms with Crippen LogP contribution in [0.4, 0.5) is 21.5 Å². The van der Waals surface area contributed by atoms with Crippen molar-refractivity contribution in [3.05, 3.63) is 98.8 Å². The number of benzene rings is 3. The minimum atomic E-state index is -1.41. The van der Waals surface area contributed by atoms with Gasteiger partial charge < -0.3 is 9.84 Å². The van der Waals surface area contributed by atoms with E-state index in [2.05, 4.69) is 0 Å². The number of hydrogen-bond donors (Lipinski definition) is 1. The molecule has 1 N–H and O–H groups in total. The number of fused-ring (bicyclic) bond motifs is 4. The monoisotopic (exact) mass is 659 g/mol. The fourth-order valence-corrected chi connectivity index (χ4v) is 8.34. The molecule has 2 saturated heterocycles. The molecule has 6 unspecified atom stereocenters. The predicted molar refractivity (Wildman–Crippen MR) is 166 cm³/mol. The van der Waals surface area contributed by atoms with E-state index in [0.717, 1.165) is 15.9 Å². The zero-order valence-electron chi connectivity index (χ0n) is 25.1. The number of halogens is 2. The molecule has 4 aliphatic rings. The summed E-state index contributed by atoms with van der Waals surface area (Å²) in [5.74, 6) is -6.86. The molecule has 13 heteroatoms. The van der Waals surface area contributed by atoms with Crippen LogP contribution < -0.4 is 14.5 Å². The Bertz CT molecular complexity index is 1960. The summed E-state index contributed by atoms with van der Waals surface area (Å²) >= 11 is 6.05. The van der Waals surface area contributed by atoms with Crippen molar-refractivity contribution in [3.63, 3.8) is 0 Å². The lowest BCUT2D eigenvalue weighted by atomic mass is 9.51. The van der Waals surface area contributed by atoms with Gasteiger partial charge in [0.05, 0.1) is 51.6 Å². The van der Waals surface area contributed by atoms with E-state index in [1.165, 1.54) is 55.6 Å². The number of hydrogen-bond acceptors (Lipinski definition) is 8. The fourth-order valence-electron chi connectivity index (χ4n) is 8.17. The summed E-state index contributed by atoms with van der Waals surface area (Å²) in [6.45, 7) is 1.68. The SMILES string of the molecule is COc1cc(O)ccc1C1C2=CCC3C(=O)N(c4cccc([N+](=O)[O-])c4)C(=O)C3C2CC2C(=O)N(c3ccc(F)c(Cl)c3)C(=O)C21C. The number of carbonyl (C=O) groups is 4. The molecule has 3 fully saturated rings. The second-order valence-corrected chi connectivity index (χ2v) is 12.9. The Morgan fingerprint density at radius 1 is 0.979 bits per heavy atom. The predicted octanol–water partition coefficient (Wildman–Crippen LogP) is 5.54. The van der Waals surface area contributed by atoms with Crippen molar-refractivity contribution < 1.29 is 38.3 Å². The first-order valence-corrected chi connectivity index (χ1v) is 15.3. The summed E-state index contributed by atoms with van der Waals surface area (Å²) in [6, 6.07) is 13.3. The van der Waals surface area contributed by atoms with Crippen LogP contribution in [0.1, 0.15) is 31.2 Å². The Morgan fingerprint density at radius 2 is 1.72 bits per heavy atom. The summed E-state index contributed by atoms with van der Waals surface area (Å²) in [7, 11) is 1.41. The maximum absolute atomic E-state index is 14.5. The fraction of sp³-hybridized carbons (Fsp3) is 0.294. The number of anilines is 2. The van der Waals surface area contributed by atoms with Gasteiger partial charge in [0, 0.05) is 29.7 Å². The molecule has 0 aromatic heterocycles. The van der Waals surface area contributed by atoms with E-state index in [0.29, 0.717) is 11.1 Å². The van der Waals surface area contributed by atoms with Crippen molar-refractivity contribution in [2.24, 2.45) is 29.1 Å². The molecule has 47 heavy (non-hydrogen) atoms. The number of amides is 4. The Kier molecular flexibility index (Phi) is 6.97. The first-order chi connectivity index (χ1) is 22.4. The summed E-state index contributed by atoms with van der Waals surface area (Å²) in [6.07, 6.45) is 2.06. The molecule has 1 saturated carbocycles. The Labute approximate surface area is 272 Å². The van der Waals surface area contributed by atoms with E-state index in [-0.39, 0.29) is 46.4 Å². The number of nitrogens with zero attached hydrogens (tertiary/aromatic N) is 3. The Hall–Kier alpha value is -5.10. The smallest absolute Gasteiger partial charge is 0.271 e. The lowest BCUT2D eigenvalue weighted by Crippen LogP contribution is -2.49. The molecule has 11 nitrogen and oxygen atoms in total. The average Bonchev–Trinajstić information content (AvgIpc) is 3.42. The summed E-state index contributed by atoms with van der Waals surface area (Å²) in [5, 5.41) is 21.5. The number of non-ortho nitro benzene ring substituents is 1. The number of phenolic OH excluding ortho intramolecular Hbond substituents is 1. The van der Waals surface area contributed by atoms with E-state index in [1.54, 1.807) is 13.0 Å². The molecule has 7 rings (SSSR count). The van der Waals surface area contributed by atoms with Crippen molar-refractivity contribution in [2.75, 3.05) is 16.9 Å². The van der Waals surface area contributed by atoms with Crippen LogP contribution in [-0.2, 0) is 19.2 Å². The number of aromatic hydroxyl groups is 1. The van der Waals surface area contributed by atoms with Gasteiger partial charge in [-0.3, -0.25) is 29.3 Å². The summed E-state index contributed by atoms with van der Waals surface area (Å²) in [4.78, 5) is 69.7. The Balaban J connectivity index is 1.38. The third-order valence-electron chi connectivity index (χ3n) is 10.3. The van der Waals surface area contributed by atoms with Crippen LogP contribution in [0.5, 0.6) is 11.5 Å². The lowest BCUT2D eigenvalue weighted by molar-refractivity contribution is -0.384. The van der Waals surface area contributed by atoms with E-state index in [4.69, 9.17) is 16.3 Å². The number of allylic oxidation sites excluding steroid dienone is 2. The van der Waals surface area contributed by atoms with E-state index in [9.17, 15) is 38.8 Å². The van der Waals surface area contributed by atoms with Crippen molar-refractivity contribution >= 4 is 52.3 Å². The minimum absolute atomic E-state index is 0.0538. The number of carbonyl (C=O) groups excluding carboxylic acids is 4. The largest absolute Gasteiger partial charge is 0.508 e. The zero-order chi connectivity index (χ0) is 33.5. The number of nitro benzene ring substituents is 1. The molecule has 2 heterocycles. The third-order valence-corrected chi connectivity index (χ3v) is 10.6. The van der Waals surface area contributed by atoms with Gasteiger partial charge in [-0.2, -0.15) is 0 Å². The highest BCUT2D eigenvalue weighted by Crippen LogP contribution is 2.64. The molecule has 240 valence electrons. The highest BCUT2D eigenvalue weighted by atomic mass is 35.5. The number of nitro groups is 1. The first kappa shape index (κ1) is 30.5. The van der Waals surface area contributed by atoms with Gasteiger partial charge >= 0.3 is 0 Å². The van der Waals surface area contributed by atoms with Crippen LogP contribution in [0.25, 0.3) is 0 Å². The molecule has 3 aromatic rings. The van der Waals surface area contributed by atoms with Crippen molar-refractivity contribution in [1.82, 2.24) is 0 Å². The maximum atomic E-state index is 14.5. The maximum Gasteiger partial charge on any atom is 0.271 e. The number of ether oxygens (including phenoxy) is 1. The molecule has 3 aromatic carbocycles. The van der Waals surface area contributed by atoms with E-state index >= 15 is 0 Å². The molecule has 2 aliphatic carbocycles. The second-order valence-electron chi connectivity index (χ2n) is 12.5. The van der Waals surface area contributed by atoms with Gasteiger partial charge in [-0.1, -0.05) is 35.4 Å². The molecule has 0 radical (unpaired) electrons. The lowest BCUT2D eigenvalue weighted by Gasteiger charge is -2.49. The molecular weight excluding hydrogens is 633 g/mol. The molecule has 0 bridgehead atoms. The van der Waals surface area contributed by atoms with Crippen LogP contribution >= 0.6 is 11.6 Å². The van der Waals surface area contributed by atoms with Gasteiger partial charge in [0.15, 0.2) is 0 Å². The molecule has 2 aliphatic heterocycles. The molecule has 4 amide bonds. The van der Waals surface area contributed by atoms with E-state index < -0.39 is 69.4 Å². The summed E-state index contributed by atoms with van der Waals surface area (Å²) in [5.41, 5.74) is -0.342. The van der Waals surface area contributed by atoms with Crippen LogP contribution in [0.15, 0.2) is 72.3 Å². The summed E-state index contributed by atoms with van der Waals surface area (Å²) < 4.78 is 19.7. The van der Waals surface area contributed by atoms with Crippen molar-refractivity contribution in [3.8, 4) is 11.5 Å². The normalized spacial score (nSPS) is 28.2. The first-order valence-electron chi connectivity index (χ1n) is 14.9. The van der Waals surface area contributed by atoms with Crippen LogP contribution in [0.3, 0.4) is 0 Å². The standard InChI is InChI=1S/C34H27ClFN3O8/c1-34-24(31(42)38(33(34)44)17-6-11-26(36)25(35)13-17)15-23-20(29(34)21-8-7-19(40)14-27(21)47-2)9-10-22-28(23)32(43)37(30(22)41)16-4-3-5-18(12-16)39(45)46/h3-9,11-14,22-24,28-29,40H,10,15H2,1-2H3. The topological polar surface area (TPSA) is 147 Å². The number of imide groups is 2. The van der Waals surface area contributed by atoms with Crippen LogP contribution in [0, 0.1) is 45.0 Å². The van der Waals surface area contributed by atoms with Crippen LogP contribution in [-0.4, -0.2) is 40.8 Å². The number of phenols is 1. The van der Waals surface area contributed by atoms with Gasteiger partial charge in [0.25, 0.3) is 5.69 Å². The zero-order valence-corrected chi connectivity index (χ0v) is 25.8. The quantitative estimate of drug-likeness (QED) is 0.163. The van der Waals surface area contributed by atoms with Gasteiger partial charge in [0.1, 0.15) is 17.3 Å². The van der Waals surface area contributed by atoms with E-state index in [1.807, 2.05) is 6.08 Å². The van der Waals surface area contributed by atoms with Gasteiger partial charge in [0.2, 0.25) is 23.6 Å². The van der Waals surface area contributed by atoms with Gasteiger partial charge in [-0.05, 0) is 56.0 Å². The van der Waals surface area contributed by atoms with Crippen LogP contribution in [0.2, 0.25) is 5.02 Å². The average molecular weight is 660 g/mol. The minimum Gasteiger partial charge on any atom is -0.508 e. The Morgan fingerprint density at radius 3 is 2.43 bits per heavy atom. The molecular formula is C34H27ClFN3O8. The highest BCUT2D eigenvalue weighted by Gasteiger charge is 2.68. The number of methoxy groups -OCH3 is 1. The highest BCUT2D eigenvalue weighted by molar-refractivity contribution is 6.32. The second kappa shape index (κ2) is 10.7. The number of rotatable bonds is 5. The molecule has 6 atom stereocenters. The third kappa shape index (κ3) is 4.31. The van der Waals surface area contributed by atoms with Gasteiger partial charge in [-0.15, -0.1) is 0 Å². The molecule has 0 spiro atoms. The van der Waals surface area contributed by atoms with Crippen molar-refractivity contribution in [1.29, 1.82) is 0 Å². The van der Waals surface area contributed by atoms with Crippen molar-refractivity contribution in [2.45, 2.75) is 25.7 Å².